The summed E-state index contributed by atoms with van der Waals surface area (Å²) in [6.07, 6.45) is -0.497. The van der Waals surface area contributed by atoms with Crippen molar-refractivity contribution in [3.05, 3.63) is 23.8 Å². The highest BCUT2D eigenvalue weighted by atomic mass is 16.6. The fourth-order valence-electron chi connectivity index (χ4n) is 1.59. The molecule has 5 heteroatoms. The maximum atomic E-state index is 11.6. The zero-order chi connectivity index (χ0) is 14.6. The van der Waals surface area contributed by atoms with Gasteiger partial charge in [0.2, 0.25) is 0 Å². The molecular weight excluding hydrogens is 244 g/mol. The fourth-order valence-corrected chi connectivity index (χ4v) is 1.59. The second kappa shape index (κ2) is 5.93. The molecular formula is C14H22N2O3. The van der Waals surface area contributed by atoms with Gasteiger partial charge in [0.05, 0.1) is 7.11 Å². The molecule has 0 saturated heterocycles. The van der Waals surface area contributed by atoms with Crippen LogP contribution in [0.1, 0.15) is 39.3 Å². The Labute approximate surface area is 114 Å². The number of anilines is 1. The summed E-state index contributed by atoms with van der Waals surface area (Å²) in [5.74, 6) is 0.642. The Morgan fingerprint density at radius 3 is 2.47 bits per heavy atom. The molecule has 0 radical (unpaired) electrons. The molecule has 1 amide bonds. The first kappa shape index (κ1) is 15.3. The summed E-state index contributed by atoms with van der Waals surface area (Å²) in [5, 5.41) is 2.66. The number of ether oxygens (including phenoxy) is 2. The second-order valence-corrected chi connectivity index (χ2v) is 5.37. The number of benzene rings is 1. The van der Waals surface area contributed by atoms with E-state index in [9.17, 15) is 4.79 Å². The predicted octanol–water partition coefficient (Wildman–Crippen LogP) is 3.06. The third kappa shape index (κ3) is 4.79. The topological polar surface area (TPSA) is 73.6 Å². The van der Waals surface area contributed by atoms with E-state index in [1.165, 1.54) is 0 Å². The van der Waals surface area contributed by atoms with Gasteiger partial charge in [0.15, 0.2) is 0 Å². The van der Waals surface area contributed by atoms with Crippen molar-refractivity contribution >= 4 is 11.8 Å². The third-order valence-electron chi connectivity index (χ3n) is 2.37. The van der Waals surface area contributed by atoms with Crippen molar-refractivity contribution < 1.29 is 14.3 Å². The van der Waals surface area contributed by atoms with E-state index in [1.54, 1.807) is 19.2 Å². The van der Waals surface area contributed by atoms with Crippen molar-refractivity contribution in [2.75, 3.05) is 12.4 Å². The SMILES string of the molecule is COc1cc(NC(=O)OC(C)(C)C)ccc1C(C)N. The maximum Gasteiger partial charge on any atom is 0.412 e. The van der Waals surface area contributed by atoms with Gasteiger partial charge in [-0.3, -0.25) is 5.32 Å². The first-order chi connectivity index (χ1) is 8.73. The van der Waals surface area contributed by atoms with Crippen LogP contribution in [0.4, 0.5) is 10.5 Å². The molecule has 106 valence electrons. The van der Waals surface area contributed by atoms with Crippen LogP contribution in [0, 0.1) is 0 Å². The Bertz CT molecular complexity index is 450. The molecule has 0 fully saturated rings. The van der Waals surface area contributed by atoms with E-state index in [-0.39, 0.29) is 6.04 Å². The van der Waals surface area contributed by atoms with Gasteiger partial charge in [-0.05, 0) is 33.8 Å². The summed E-state index contributed by atoms with van der Waals surface area (Å²) in [6.45, 7) is 7.31. The number of hydrogen-bond acceptors (Lipinski definition) is 4. The maximum absolute atomic E-state index is 11.6. The van der Waals surface area contributed by atoms with Crippen molar-refractivity contribution in [2.24, 2.45) is 5.73 Å². The van der Waals surface area contributed by atoms with Crippen LogP contribution in [-0.2, 0) is 4.74 Å². The van der Waals surface area contributed by atoms with E-state index < -0.39 is 11.7 Å². The Kier molecular flexibility index (Phi) is 4.78. The number of nitrogens with two attached hydrogens (primary N) is 1. The van der Waals surface area contributed by atoms with Crippen LogP contribution in [0.5, 0.6) is 5.75 Å². The normalized spacial score (nSPS) is 12.7. The molecule has 5 nitrogen and oxygen atoms in total. The molecule has 1 unspecified atom stereocenters. The Hall–Kier alpha value is -1.75. The lowest BCUT2D eigenvalue weighted by molar-refractivity contribution is 0.0636. The monoisotopic (exact) mass is 266 g/mol. The van der Waals surface area contributed by atoms with Gasteiger partial charge in [-0.2, -0.15) is 0 Å². The van der Waals surface area contributed by atoms with E-state index in [0.717, 1.165) is 5.56 Å². The predicted molar refractivity (Wildman–Crippen MR) is 75.5 cm³/mol. The lowest BCUT2D eigenvalue weighted by atomic mass is 10.1. The molecule has 0 aromatic heterocycles. The molecule has 0 aliphatic rings. The van der Waals surface area contributed by atoms with Crippen molar-refractivity contribution in [1.29, 1.82) is 0 Å². The molecule has 0 bridgehead atoms. The van der Waals surface area contributed by atoms with E-state index in [0.29, 0.717) is 11.4 Å². The Balaban J connectivity index is 2.83. The summed E-state index contributed by atoms with van der Waals surface area (Å²) in [4.78, 5) is 11.6. The van der Waals surface area contributed by atoms with E-state index in [1.807, 2.05) is 33.8 Å². The fraction of sp³-hybridized carbons (Fsp3) is 0.500. The molecule has 0 aliphatic heterocycles. The number of carbonyl (C=O) groups is 1. The third-order valence-corrected chi connectivity index (χ3v) is 2.37. The minimum Gasteiger partial charge on any atom is -0.496 e. The molecule has 0 aliphatic carbocycles. The van der Waals surface area contributed by atoms with Gasteiger partial charge >= 0.3 is 6.09 Å². The van der Waals surface area contributed by atoms with Crippen molar-refractivity contribution in [1.82, 2.24) is 0 Å². The zero-order valence-corrected chi connectivity index (χ0v) is 12.1. The number of methoxy groups -OCH3 is 1. The average molecular weight is 266 g/mol. The number of rotatable bonds is 3. The molecule has 3 N–H and O–H groups in total. The summed E-state index contributed by atoms with van der Waals surface area (Å²) >= 11 is 0. The van der Waals surface area contributed by atoms with Gasteiger partial charge in [-0.25, -0.2) is 4.79 Å². The van der Waals surface area contributed by atoms with Crippen molar-refractivity contribution in [3.63, 3.8) is 0 Å². The lowest BCUT2D eigenvalue weighted by Crippen LogP contribution is -2.27. The summed E-state index contributed by atoms with van der Waals surface area (Å²) in [5.41, 5.74) is 6.80. The van der Waals surface area contributed by atoms with Gasteiger partial charge in [-0.1, -0.05) is 6.07 Å². The molecule has 0 saturated carbocycles. The Morgan fingerprint density at radius 1 is 1.37 bits per heavy atom. The van der Waals surface area contributed by atoms with Crippen LogP contribution in [0.15, 0.2) is 18.2 Å². The van der Waals surface area contributed by atoms with Gasteiger partial charge in [0.25, 0.3) is 0 Å². The molecule has 1 aromatic carbocycles. The smallest absolute Gasteiger partial charge is 0.412 e. The van der Waals surface area contributed by atoms with Crippen LogP contribution >= 0.6 is 0 Å². The van der Waals surface area contributed by atoms with Gasteiger partial charge in [-0.15, -0.1) is 0 Å². The first-order valence-corrected chi connectivity index (χ1v) is 6.16. The first-order valence-electron chi connectivity index (χ1n) is 6.16. The summed E-state index contributed by atoms with van der Waals surface area (Å²) < 4.78 is 10.4. The summed E-state index contributed by atoms with van der Waals surface area (Å²) in [6, 6.07) is 5.19. The lowest BCUT2D eigenvalue weighted by Gasteiger charge is -2.20. The quantitative estimate of drug-likeness (QED) is 0.881. The molecule has 1 aromatic rings. The van der Waals surface area contributed by atoms with Crippen LogP contribution < -0.4 is 15.8 Å². The summed E-state index contributed by atoms with van der Waals surface area (Å²) in [7, 11) is 1.57. The molecule has 19 heavy (non-hydrogen) atoms. The van der Waals surface area contributed by atoms with Crippen LogP contribution in [-0.4, -0.2) is 18.8 Å². The van der Waals surface area contributed by atoms with E-state index >= 15 is 0 Å². The van der Waals surface area contributed by atoms with Gasteiger partial charge in [0, 0.05) is 23.4 Å². The molecule has 0 spiro atoms. The Morgan fingerprint density at radius 2 is 2.00 bits per heavy atom. The number of hydrogen-bond donors (Lipinski definition) is 2. The molecule has 1 atom stereocenters. The van der Waals surface area contributed by atoms with E-state index in [4.69, 9.17) is 15.2 Å². The largest absolute Gasteiger partial charge is 0.496 e. The number of amides is 1. The minimum absolute atomic E-state index is 0.134. The zero-order valence-electron chi connectivity index (χ0n) is 12.1. The van der Waals surface area contributed by atoms with Crippen LogP contribution in [0.25, 0.3) is 0 Å². The second-order valence-electron chi connectivity index (χ2n) is 5.37. The van der Waals surface area contributed by atoms with Crippen LogP contribution in [0.2, 0.25) is 0 Å². The molecule has 1 rings (SSSR count). The highest BCUT2D eigenvalue weighted by Gasteiger charge is 2.17. The average Bonchev–Trinajstić information content (AvgIpc) is 2.25. The number of nitrogens with one attached hydrogen (secondary N) is 1. The van der Waals surface area contributed by atoms with Crippen molar-refractivity contribution in [3.8, 4) is 5.75 Å². The highest BCUT2D eigenvalue weighted by Crippen LogP contribution is 2.27. The van der Waals surface area contributed by atoms with Crippen molar-refractivity contribution in [2.45, 2.75) is 39.3 Å². The van der Waals surface area contributed by atoms with Gasteiger partial charge in [0.1, 0.15) is 11.4 Å². The van der Waals surface area contributed by atoms with Crippen LogP contribution in [0.3, 0.4) is 0 Å². The highest BCUT2D eigenvalue weighted by molar-refractivity contribution is 5.85. The van der Waals surface area contributed by atoms with E-state index in [2.05, 4.69) is 5.32 Å². The minimum atomic E-state index is -0.528. The number of carbonyl (C=O) groups excluding carboxylic acids is 1. The molecule has 0 heterocycles. The van der Waals surface area contributed by atoms with Gasteiger partial charge < -0.3 is 15.2 Å². The standard InChI is InChI=1S/C14H22N2O3/c1-9(15)11-7-6-10(8-12(11)18-5)16-13(17)19-14(2,3)4/h6-9H,15H2,1-5H3,(H,16,17).